The first-order chi connectivity index (χ1) is 9.75. The maximum Gasteiger partial charge on any atom is 0.120 e. The summed E-state index contributed by atoms with van der Waals surface area (Å²) in [4.78, 5) is 3.64. The van der Waals surface area contributed by atoms with Crippen molar-refractivity contribution in [3.63, 3.8) is 0 Å². The number of halogens is 1. The summed E-state index contributed by atoms with van der Waals surface area (Å²) in [5, 5.41) is 16.3. The van der Waals surface area contributed by atoms with Gasteiger partial charge in [-0.1, -0.05) is 17.7 Å². The minimum Gasteiger partial charge on any atom is -0.508 e. The monoisotopic (exact) mass is 308 g/mol. The molecule has 0 spiro atoms. The number of thiophene rings is 1. The van der Waals surface area contributed by atoms with Crippen LogP contribution in [-0.2, 0) is 0 Å². The van der Waals surface area contributed by atoms with Crippen LogP contribution in [0.5, 0.6) is 5.75 Å². The summed E-state index contributed by atoms with van der Waals surface area (Å²) in [6, 6.07) is 9.54. The van der Waals surface area contributed by atoms with E-state index in [2.05, 4.69) is 27.7 Å². The van der Waals surface area contributed by atoms with E-state index in [9.17, 15) is 5.11 Å². The molecule has 1 aromatic heterocycles. The van der Waals surface area contributed by atoms with Gasteiger partial charge in [0.2, 0.25) is 0 Å². The lowest BCUT2D eigenvalue weighted by atomic mass is 10.0. The lowest BCUT2D eigenvalue weighted by Gasteiger charge is -2.35. The predicted molar refractivity (Wildman–Crippen MR) is 83.7 cm³/mol. The van der Waals surface area contributed by atoms with E-state index in [1.165, 1.54) is 4.88 Å². The summed E-state index contributed by atoms with van der Waals surface area (Å²) < 4.78 is 0. The average molecular weight is 309 g/mol. The molecule has 2 aromatic rings. The number of phenols is 1. The molecule has 106 valence electrons. The normalized spacial score (nSPS) is 18.1. The summed E-state index contributed by atoms with van der Waals surface area (Å²) in [5.74, 6) is 0.311. The van der Waals surface area contributed by atoms with Crippen molar-refractivity contribution in [2.24, 2.45) is 0 Å². The highest BCUT2D eigenvalue weighted by atomic mass is 35.5. The standard InChI is InChI=1S/C15H17ClN2OS/c16-11-3-4-13(19)12(10-11)15(14-2-1-9-20-14)18-7-5-17-6-8-18/h1-4,9-10,15,17,19H,5-8H2/t15-/m0/s1. The van der Waals surface area contributed by atoms with Crippen molar-refractivity contribution >= 4 is 22.9 Å². The van der Waals surface area contributed by atoms with Gasteiger partial charge in [0, 0.05) is 41.6 Å². The molecular formula is C15H17ClN2OS. The maximum atomic E-state index is 10.2. The van der Waals surface area contributed by atoms with Gasteiger partial charge >= 0.3 is 0 Å². The topological polar surface area (TPSA) is 35.5 Å². The van der Waals surface area contributed by atoms with Crippen molar-refractivity contribution in [3.05, 3.63) is 51.2 Å². The first-order valence-corrected chi connectivity index (χ1v) is 7.98. The lowest BCUT2D eigenvalue weighted by Crippen LogP contribution is -2.45. The fourth-order valence-corrected chi connectivity index (χ4v) is 3.72. The second kappa shape index (κ2) is 6.14. The Kier molecular flexibility index (Phi) is 4.27. The smallest absolute Gasteiger partial charge is 0.120 e. The third kappa shape index (κ3) is 2.83. The Labute approximate surface area is 127 Å². The van der Waals surface area contributed by atoms with E-state index in [4.69, 9.17) is 11.6 Å². The van der Waals surface area contributed by atoms with Gasteiger partial charge in [-0.25, -0.2) is 0 Å². The third-order valence-electron chi connectivity index (χ3n) is 3.61. The van der Waals surface area contributed by atoms with Crippen LogP contribution >= 0.6 is 22.9 Å². The molecule has 3 rings (SSSR count). The molecule has 1 fully saturated rings. The molecule has 1 aliphatic rings. The fourth-order valence-electron chi connectivity index (χ4n) is 2.66. The summed E-state index contributed by atoms with van der Waals surface area (Å²) in [6.45, 7) is 3.88. The van der Waals surface area contributed by atoms with Crippen LogP contribution in [0.3, 0.4) is 0 Å². The highest BCUT2D eigenvalue weighted by Gasteiger charge is 2.26. The van der Waals surface area contributed by atoms with Crippen molar-refractivity contribution < 1.29 is 5.11 Å². The van der Waals surface area contributed by atoms with Gasteiger partial charge in [0.15, 0.2) is 0 Å². The SMILES string of the molecule is Oc1ccc(Cl)cc1[C@@H](c1cccs1)N1CCNCC1. The van der Waals surface area contributed by atoms with Gasteiger partial charge in [0.1, 0.15) is 5.75 Å². The Morgan fingerprint density at radius 1 is 1.25 bits per heavy atom. The van der Waals surface area contributed by atoms with Crippen molar-refractivity contribution in [1.82, 2.24) is 10.2 Å². The molecule has 1 aliphatic heterocycles. The van der Waals surface area contributed by atoms with Crippen LogP contribution < -0.4 is 5.32 Å². The van der Waals surface area contributed by atoms with Gasteiger partial charge in [-0.15, -0.1) is 11.3 Å². The molecule has 3 nitrogen and oxygen atoms in total. The molecule has 0 radical (unpaired) electrons. The maximum absolute atomic E-state index is 10.2. The molecule has 1 saturated heterocycles. The molecule has 5 heteroatoms. The Bertz CT molecular complexity index is 567. The molecule has 2 N–H and O–H groups in total. The third-order valence-corrected chi connectivity index (χ3v) is 4.77. The quantitative estimate of drug-likeness (QED) is 0.914. The molecule has 1 aromatic carbocycles. The zero-order valence-electron chi connectivity index (χ0n) is 11.1. The van der Waals surface area contributed by atoms with Crippen LogP contribution in [-0.4, -0.2) is 36.2 Å². The molecule has 0 aliphatic carbocycles. The summed E-state index contributed by atoms with van der Waals surface area (Å²) in [6.07, 6.45) is 0. The highest BCUT2D eigenvalue weighted by Crippen LogP contribution is 2.37. The van der Waals surface area contributed by atoms with Gasteiger partial charge in [-0.2, -0.15) is 0 Å². The summed E-state index contributed by atoms with van der Waals surface area (Å²) in [7, 11) is 0. The Balaban J connectivity index is 2.02. The van der Waals surface area contributed by atoms with Gasteiger partial charge in [-0.3, -0.25) is 4.90 Å². The molecule has 0 amide bonds. The number of nitrogens with one attached hydrogen (secondary N) is 1. The largest absolute Gasteiger partial charge is 0.508 e. The first kappa shape index (κ1) is 13.9. The number of hydrogen-bond donors (Lipinski definition) is 2. The predicted octanol–water partition coefficient (Wildman–Crippen LogP) is 3.10. The number of piperazine rings is 1. The summed E-state index contributed by atoms with van der Waals surface area (Å²) in [5.41, 5.74) is 0.891. The highest BCUT2D eigenvalue weighted by molar-refractivity contribution is 7.10. The minimum absolute atomic E-state index is 0.0794. The Morgan fingerprint density at radius 3 is 2.75 bits per heavy atom. The molecule has 1 atom stereocenters. The van der Waals surface area contributed by atoms with Crippen LogP contribution in [0, 0.1) is 0 Å². The molecule has 0 bridgehead atoms. The van der Waals surface area contributed by atoms with Crippen LogP contribution in [0.2, 0.25) is 5.02 Å². The number of benzene rings is 1. The average Bonchev–Trinajstić information content (AvgIpc) is 2.98. The van der Waals surface area contributed by atoms with E-state index in [-0.39, 0.29) is 6.04 Å². The lowest BCUT2D eigenvalue weighted by molar-refractivity contribution is 0.198. The number of nitrogens with zero attached hydrogens (tertiary/aromatic N) is 1. The first-order valence-electron chi connectivity index (χ1n) is 6.72. The second-order valence-electron chi connectivity index (χ2n) is 4.91. The van der Waals surface area contributed by atoms with Crippen LogP contribution in [0.15, 0.2) is 35.7 Å². The van der Waals surface area contributed by atoms with Crippen molar-refractivity contribution in [2.45, 2.75) is 6.04 Å². The van der Waals surface area contributed by atoms with Gasteiger partial charge in [-0.05, 0) is 29.6 Å². The number of phenolic OH excluding ortho intramolecular Hbond substituents is 1. The van der Waals surface area contributed by atoms with Crippen LogP contribution in [0.25, 0.3) is 0 Å². The van der Waals surface area contributed by atoms with E-state index < -0.39 is 0 Å². The van der Waals surface area contributed by atoms with E-state index in [0.29, 0.717) is 10.8 Å². The zero-order chi connectivity index (χ0) is 13.9. The molecule has 0 unspecified atom stereocenters. The van der Waals surface area contributed by atoms with Gasteiger partial charge in [0.05, 0.1) is 6.04 Å². The van der Waals surface area contributed by atoms with E-state index in [1.54, 1.807) is 23.5 Å². The van der Waals surface area contributed by atoms with Crippen LogP contribution in [0.4, 0.5) is 0 Å². The minimum atomic E-state index is 0.0794. The zero-order valence-corrected chi connectivity index (χ0v) is 12.6. The fraction of sp³-hybridized carbons (Fsp3) is 0.333. The Morgan fingerprint density at radius 2 is 2.05 bits per heavy atom. The number of rotatable bonds is 3. The van der Waals surface area contributed by atoms with E-state index in [0.717, 1.165) is 31.7 Å². The van der Waals surface area contributed by atoms with Gasteiger partial charge in [0.25, 0.3) is 0 Å². The molecule has 2 heterocycles. The number of hydrogen-bond acceptors (Lipinski definition) is 4. The number of aromatic hydroxyl groups is 1. The molecule has 0 saturated carbocycles. The van der Waals surface area contributed by atoms with Crippen molar-refractivity contribution in [2.75, 3.05) is 26.2 Å². The Hall–Kier alpha value is -1.07. The van der Waals surface area contributed by atoms with Crippen molar-refractivity contribution in [1.29, 1.82) is 0 Å². The van der Waals surface area contributed by atoms with Crippen molar-refractivity contribution in [3.8, 4) is 5.75 Å². The van der Waals surface area contributed by atoms with Gasteiger partial charge < -0.3 is 10.4 Å². The summed E-state index contributed by atoms with van der Waals surface area (Å²) >= 11 is 7.84. The van der Waals surface area contributed by atoms with E-state index in [1.807, 2.05) is 6.07 Å². The van der Waals surface area contributed by atoms with E-state index >= 15 is 0 Å². The van der Waals surface area contributed by atoms with Crippen LogP contribution in [0.1, 0.15) is 16.5 Å². The second-order valence-corrected chi connectivity index (χ2v) is 6.32. The molecular weight excluding hydrogens is 292 g/mol. The molecule has 20 heavy (non-hydrogen) atoms.